The first kappa shape index (κ1) is 14.2. The highest BCUT2D eigenvalue weighted by Crippen LogP contribution is 2.35. The molecule has 6 heteroatoms. The summed E-state index contributed by atoms with van der Waals surface area (Å²) in [5, 5.41) is 19.3. The molecular formula is C12H22O6. The molecule has 4 atom stereocenters. The van der Waals surface area contributed by atoms with Gasteiger partial charge in [0.25, 0.3) is 0 Å². The summed E-state index contributed by atoms with van der Waals surface area (Å²) in [6.45, 7) is 7.10. The Morgan fingerprint density at radius 3 is 2.22 bits per heavy atom. The molecule has 0 spiro atoms. The zero-order valence-corrected chi connectivity index (χ0v) is 11.3. The standard InChI is InChI=1S/C12H22O6/c1-11(2)15-6-7(14)9(17-11)10-8(5-13)16-12(3,4)18-10/h7-10,13-14H,5-6H2,1-4H3/t7?,8-,9+,10?/m0/s1. The minimum absolute atomic E-state index is 0.177. The molecule has 2 heterocycles. The second-order valence-corrected chi connectivity index (χ2v) is 5.68. The third-order valence-corrected chi connectivity index (χ3v) is 3.13. The highest BCUT2D eigenvalue weighted by Gasteiger charge is 2.50. The van der Waals surface area contributed by atoms with Gasteiger partial charge in [-0.3, -0.25) is 0 Å². The van der Waals surface area contributed by atoms with Crippen LogP contribution in [-0.2, 0) is 18.9 Å². The average molecular weight is 262 g/mol. The van der Waals surface area contributed by atoms with Crippen molar-refractivity contribution < 1.29 is 29.2 Å². The van der Waals surface area contributed by atoms with Crippen LogP contribution >= 0.6 is 0 Å². The van der Waals surface area contributed by atoms with Crippen molar-refractivity contribution in [2.75, 3.05) is 13.2 Å². The fourth-order valence-corrected chi connectivity index (χ4v) is 2.39. The number of hydrogen-bond donors (Lipinski definition) is 2. The number of aliphatic hydroxyl groups excluding tert-OH is 2. The van der Waals surface area contributed by atoms with E-state index in [1.165, 1.54) is 0 Å². The maximum atomic E-state index is 9.98. The predicted octanol–water partition coefficient (Wildman–Crippen LogP) is 0.0112. The van der Waals surface area contributed by atoms with Crippen LogP contribution in [-0.4, -0.2) is 59.4 Å². The number of aliphatic hydroxyl groups is 2. The Labute approximate surface area is 107 Å². The summed E-state index contributed by atoms with van der Waals surface area (Å²) in [6, 6.07) is 0. The van der Waals surface area contributed by atoms with Gasteiger partial charge in [0.05, 0.1) is 13.2 Å². The molecule has 2 rings (SSSR count). The lowest BCUT2D eigenvalue weighted by Gasteiger charge is -2.41. The molecule has 2 fully saturated rings. The van der Waals surface area contributed by atoms with E-state index in [2.05, 4.69) is 0 Å². The minimum atomic E-state index is -0.797. The third kappa shape index (κ3) is 2.84. The first-order valence-corrected chi connectivity index (χ1v) is 6.20. The molecular weight excluding hydrogens is 240 g/mol. The Morgan fingerprint density at radius 2 is 1.61 bits per heavy atom. The van der Waals surface area contributed by atoms with E-state index in [9.17, 15) is 10.2 Å². The lowest BCUT2D eigenvalue weighted by Crippen LogP contribution is -2.56. The zero-order chi connectivity index (χ0) is 13.6. The molecule has 0 saturated carbocycles. The summed E-state index contributed by atoms with van der Waals surface area (Å²) in [6.07, 6.45) is -2.39. The molecule has 2 unspecified atom stereocenters. The zero-order valence-electron chi connectivity index (χ0n) is 11.3. The summed E-state index contributed by atoms with van der Waals surface area (Å²) < 4.78 is 22.4. The fraction of sp³-hybridized carbons (Fsp3) is 1.00. The molecule has 0 radical (unpaired) electrons. The van der Waals surface area contributed by atoms with Gasteiger partial charge in [-0.1, -0.05) is 0 Å². The van der Waals surface area contributed by atoms with Crippen LogP contribution in [0, 0.1) is 0 Å². The van der Waals surface area contributed by atoms with E-state index >= 15 is 0 Å². The molecule has 106 valence electrons. The normalized spacial score (nSPS) is 43.0. The average Bonchev–Trinajstić information content (AvgIpc) is 2.57. The van der Waals surface area contributed by atoms with Gasteiger partial charge in [-0.05, 0) is 27.7 Å². The second kappa shape index (κ2) is 4.70. The lowest BCUT2D eigenvalue weighted by molar-refractivity contribution is -0.322. The van der Waals surface area contributed by atoms with Crippen LogP contribution in [0.4, 0.5) is 0 Å². The summed E-state index contributed by atoms with van der Waals surface area (Å²) in [7, 11) is 0. The minimum Gasteiger partial charge on any atom is -0.394 e. The third-order valence-electron chi connectivity index (χ3n) is 3.13. The Bertz CT molecular complexity index is 301. The molecule has 6 nitrogen and oxygen atoms in total. The van der Waals surface area contributed by atoms with E-state index in [4.69, 9.17) is 18.9 Å². The van der Waals surface area contributed by atoms with Crippen LogP contribution in [0.2, 0.25) is 0 Å². The van der Waals surface area contributed by atoms with Crippen molar-refractivity contribution in [3.63, 3.8) is 0 Å². The maximum absolute atomic E-state index is 9.98. The van der Waals surface area contributed by atoms with Crippen molar-refractivity contribution in [2.45, 2.75) is 63.7 Å². The molecule has 18 heavy (non-hydrogen) atoms. The van der Waals surface area contributed by atoms with Crippen LogP contribution < -0.4 is 0 Å². The summed E-state index contributed by atoms with van der Waals surface area (Å²) in [5.74, 6) is -1.57. The van der Waals surface area contributed by atoms with Gasteiger partial charge in [0.15, 0.2) is 11.6 Å². The molecule has 2 aliphatic rings. The van der Waals surface area contributed by atoms with E-state index in [0.29, 0.717) is 0 Å². The van der Waals surface area contributed by atoms with E-state index < -0.39 is 36.0 Å². The predicted molar refractivity (Wildman–Crippen MR) is 61.8 cm³/mol. The number of rotatable bonds is 2. The lowest BCUT2D eigenvalue weighted by atomic mass is 10.0. The quantitative estimate of drug-likeness (QED) is 0.730. The largest absolute Gasteiger partial charge is 0.394 e. The molecule has 0 aliphatic carbocycles. The number of ether oxygens (including phenoxy) is 4. The van der Waals surface area contributed by atoms with E-state index in [0.717, 1.165) is 0 Å². The first-order valence-electron chi connectivity index (χ1n) is 6.20. The first-order chi connectivity index (χ1) is 8.24. The smallest absolute Gasteiger partial charge is 0.164 e. The van der Waals surface area contributed by atoms with Gasteiger partial charge in [-0.2, -0.15) is 0 Å². The highest BCUT2D eigenvalue weighted by molar-refractivity contribution is 4.92. The van der Waals surface area contributed by atoms with Crippen molar-refractivity contribution in [1.29, 1.82) is 0 Å². The monoisotopic (exact) mass is 262 g/mol. The van der Waals surface area contributed by atoms with E-state index in [1.54, 1.807) is 27.7 Å². The number of hydrogen-bond acceptors (Lipinski definition) is 6. The van der Waals surface area contributed by atoms with Crippen molar-refractivity contribution in [2.24, 2.45) is 0 Å². The van der Waals surface area contributed by atoms with Gasteiger partial charge < -0.3 is 29.2 Å². The van der Waals surface area contributed by atoms with Gasteiger partial charge in [0.2, 0.25) is 0 Å². The van der Waals surface area contributed by atoms with Crippen LogP contribution in [0.3, 0.4) is 0 Å². The second-order valence-electron chi connectivity index (χ2n) is 5.68. The Morgan fingerprint density at radius 1 is 1.00 bits per heavy atom. The Balaban J connectivity index is 2.13. The van der Waals surface area contributed by atoms with Gasteiger partial charge >= 0.3 is 0 Å². The molecule has 0 bridgehead atoms. The van der Waals surface area contributed by atoms with Gasteiger partial charge in [-0.15, -0.1) is 0 Å². The van der Waals surface area contributed by atoms with Gasteiger partial charge in [0, 0.05) is 0 Å². The summed E-state index contributed by atoms with van der Waals surface area (Å²) in [4.78, 5) is 0. The molecule has 0 amide bonds. The van der Waals surface area contributed by atoms with Gasteiger partial charge in [0.1, 0.15) is 24.4 Å². The molecule has 0 aromatic carbocycles. The molecule has 0 aromatic rings. The SMILES string of the molecule is CC1(C)OCC(O)[C@H](C2OC(C)(C)O[C@H]2CO)O1. The Kier molecular flexibility index (Phi) is 3.70. The molecule has 2 N–H and O–H groups in total. The molecule has 0 aromatic heterocycles. The van der Waals surface area contributed by atoms with Crippen LogP contribution in [0.1, 0.15) is 27.7 Å². The summed E-state index contributed by atoms with van der Waals surface area (Å²) >= 11 is 0. The van der Waals surface area contributed by atoms with E-state index in [-0.39, 0.29) is 13.2 Å². The summed E-state index contributed by atoms with van der Waals surface area (Å²) in [5.41, 5.74) is 0. The van der Waals surface area contributed by atoms with Crippen molar-refractivity contribution in [3.05, 3.63) is 0 Å². The Hall–Kier alpha value is -0.240. The van der Waals surface area contributed by atoms with Crippen molar-refractivity contribution in [1.82, 2.24) is 0 Å². The van der Waals surface area contributed by atoms with E-state index in [1.807, 2.05) is 0 Å². The van der Waals surface area contributed by atoms with Crippen LogP contribution in [0.25, 0.3) is 0 Å². The molecule has 2 aliphatic heterocycles. The molecule has 2 saturated heterocycles. The topological polar surface area (TPSA) is 77.4 Å². The maximum Gasteiger partial charge on any atom is 0.164 e. The van der Waals surface area contributed by atoms with Crippen molar-refractivity contribution in [3.8, 4) is 0 Å². The fourth-order valence-electron chi connectivity index (χ4n) is 2.39. The van der Waals surface area contributed by atoms with Crippen LogP contribution in [0.15, 0.2) is 0 Å². The van der Waals surface area contributed by atoms with Crippen LogP contribution in [0.5, 0.6) is 0 Å². The highest BCUT2D eigenvalue weighted by atomic mass is 16.8. The van der Waals surface area contributed by atoms with Gasteiger partial charge in [-0.25, -0.2) is 0 Å². The van der Waals surface area contributed by atoms with Crippen molar-refractivity contribution >= 4 is 0 Å².